The minimum Gasteiger partial charge on any atom is -0.463 e. The molecule has 1 aromatic rings. The Bertz CT molecular complexity index is 603. The topological polar surface area (TPSA) is 72.5 Å². The summed E-state index contributed by atoms with van der Waals surface area (Å²) in [5.74, 6) is -0.422. The summed E-state index contributed by atoms with van der Waals surface area (Å²) in [5, 5.41) is 1.13. The van der Waals surface area contributed by atoms with Crippen molar-refractivity contribution in [1.29, 1.82) is 0 Å². The highest BCUT2D eigenvalue weighted by Crippen LogP contribution is 2.14. The molecule has 7 nitrogen and oxygen atoms in total. The molecule has 0 amide bonds. The van der Waals surface area contributed by atoms with E-state index in [0.717, 1.165) is 16.8 Å². The first-order valence-corrected chi connectivity index (χ1v) is 13.3. The van der Waals surface area contributed by atoms with Crippen molar-refractivity contribution in [1.82, 2.24) is 0 Å². The van der Waals surface area contributed by atoms with Gasteiger partial charge in [0, 0.05) is 47.7 Å². The number of carbonyl (C=O) groups is 1. The zero-order chi connectivity index (χ0) is 22.3. The molecule has 0 aromatic heterocycles. The van der Waals surface area contributed by atoms with Crippen LogP contribution in [0.5, 0.6) is 0 Å². The van der Waals surface area contributed by atoms with Crippen molar-refractivity contribution in [2.24, 2.45) is 0 Å². The Morgan fingerprint density at radius 3 is 1.83 bits per heavy atom. The van der Waals surface area contributed by atoms with E-state index in [1.165, 1.54) is 0 Å². The Hall–Kier alpha value is -1.60. The molecule has 0 radical (unpaired) electrons. The van der Waals surface area contributed by atoms with Crippen LogP contribution in [0.4, 0.5) is 0 Å². The maximum absolute atomic E-state index is 10.7. The number of carbonyl (C=O) groups excluding carboxylic acids is 1. The summed E-state index contributed by atoms with van der Waals surface area (Å²) in [6.07, 6.45) is 3.59. The SMILES string of the molecule is C=CC(=O)OCCC[Si](OC)(OC)OC.C=Cc1ccc([Si](C)(OC)OC)cc1. The van der Waals surface area contributed by atoms with E-state index in [0.29, 0.717) is 19.1 Å². The lowest BCUT2D eigenvalue weighted by molar-refractivity contribution is -0.137. The average molecular weight is 443 g/mol. The Labute approximate surface area is 176 Å². The van der Waals surface area contributed by atoms with E-state index in [9.17, 15) is 4.79 Å². The van der Waals surface area contributed by atoms with Crippen molar-refractivity contribution in [3.05, 3.63) is 49.1 Å². The minimum absolute atomic E-state index is 0.315. The summed E-state index contributed by atoms with van der Waals surface area (Å²) in [7, 11) is 3.37. The van der Waals surface area contributed by atoms with Gasteiger partial charge in [0.15, 0.2) is 0 Å². The molecule has 29 heavy (non-hydrogen) atoms. The second-order valence-corrected chi connectivity index (χ2v) is 12.3. The van der Waals surface area contributed by atoms with Crippen LogP contribution in [-0.4, -0.2) is 65.5 Å². The van der Waals surface area contributed by atoms with Gasteiger partial charge in [-0.25, -0.2) is 4.79 Å². The molecule has 0 N–H and O–H groups in total. The second-order valence-electron chi connectivity index (χ2n) is 5.95. The highest BCUT2D eigenvalue weighted by molar-refractivity contribution is 6.79. The van der Waals surface area contributed by atoms with Gasteiger partial charge in [-0.1, -0.05) is 43.5 Å². The van der Waals surface area contributed by atoms with Crippen molar-refractivity contribution < 1.29 is 31.7 Å². The quantitative estimate of drug-likeness (QED) is 0.213. The Kier molecular flexibility index (Phi) is 13.6. The van der Waals surface area contributed by atoms with Crippen LogP contribution in [0.25, 0.3) is 6.08 Å². The number of benzene rings is 1. The third kappa shape index (κ3) is 9.17. The molecule has 0 fully saturated rings. The fraction of sp³-hybridized carbons (Fsp3) is 0.450. The van der Waals surface area contributed by atoms with E-state index in [2.05, 4.69) is 13.2 Å². The molecular formula is C20H34O7Si2. The van der Waals surface area contributed by atoms with Crippen molar-refractivity contribution in [2.75, 3.05) is 42.2 Å². The predicted molar refractivity (Wildman–Crippen MR) is 119 cm³/mol. The molecule has 9 heteroatoms. The summed E-state index contributed by atoms with van der Waals surface area (Å²) in [4.78, 5) is 10.7. The van der Waals surface area contributed by atoms with Gasteiger partial charge < -0.3 is 26.9 Å². The normalized spacial score (nSPS) is 11.2. The molecule has 0 heterocycles. The molecule has 0 aliphatic rings. The van der Waals surface area contributed by atoms with Gasteiger partial charge in [-0.2, -0.15) is 0 Å². The number of hydrogen-bond acceptors (Lipinski definition) is 7. The van der Waals surface area contributed by atoms with Gasteiger partial charge in [0.05, 0.1) is 6.61 Å². The lowest BCUT2D eigenvalue weighted by Crippen LogP contribution is -2.49. The van der Waals surface area contributed by atoms with Crippen molar-refractivity contribution >= 4 is 34.6 Å². The van der Waals surface area contributed by atoms with Gasteiger partial charge in [0.2, 0.25) is 0 Å². The highest BCUT2D eigenvalue weighted by Gasteiger charge is 2.37. The van der Waals surface area contributed by atoms with Gasteiger partial charge in [0.25, 0.3) is 0 Å². The lowest BCUT2D eigenvalue weighted by Gasteiger charge is -2.23. The molecule has 0 atom stereocenters. The standard InChI is InChI=1S/C11H16O2Si.C9H18O5Si/c1-5-10-6-8-11(9-7-10)14(4,12-2)13-3;1-5-9(10)14-7-6-8-15(11-2,12-3)13-4/h5-9H,1H2,2-4H3;5H,1,6-8H2,2-4H3. The molecule has 164 valence electrons. The van der Waals surface area contributed by atoms with Crippen molar-refractivity contribution in [3.8, 4) is 0 Å². The number of rotatable bonds is 12. The van der Waals surface area contributed by atoms with E-state index in [1.807, 2.05) is 36.9 Å². The lowest BCUT2D eigenvalue weighted by atomic mass is 10.2. The van der Waals surface area contributed by atoms with Crippen molar-refractivity contribution in [3.63, 3.8) is 0 Å². The molecular weight excluding hydrogens is 408 g/mol. The molecule has 0 unspecified atom stereocenters. The first kappa shape index (κ1) is 27.4. The maximum Gasteiger partial charge on any atom is 0.500 e. The maximum atomic E-state index is 10.7. The summed E-state index contributed by atoms with van der Waals surface area (Å²) in [6, 6.07) is 8.73. The van der Waals surface area contributed by atoms with Crippen LogP contribution in [-0.2, 0) is 31.7 Å². The first-order valence-electron chi connectivity index (χ1n) is 9.08. The number of hydrogen-bond donors (Lipinski definition) is 0. The molecule has 0 bridgehead atoms. The fourth-order valence-electron chi connectivity index (χ4n) is 2.32. The molecule has 0 aliphatic heterocycles. The average Bonchev–Trinajstić information content (AvgIpc) is 2.79. The Morgan fingerprint density at radius 1 is 0.931 bits per heavy atom. The van der Waals surface area contributed by atoms with Crippen LogP contribution in [0.3, 0.4) is 0 Å². The largest absolute Gasteiger partial charge is 0.500 e. The second kappa shape index (κ2) is 14.4. The fourth-order valence-corrected chi connectivity index (χ4v) is 5.42. The molecule has 1 rings (SSSR count). The molecule has 0 saturated carbocycles. The Balaban J connectivity index is 0.000000541. The van der Waals surface area contributed by atoms with Crippen LogP contribution in [0.2, 0.25) is 12.6 Å². The van der Waals surface area contributed by atoms with Crippen LogP contribution >= 0.6 is 0 Å². The van der Waals surface area contributed by atoms with Gasteiger partial charge in [-0.15, -0.1) is 0 Å². The van der Waals surface area contributed by atoms with Crippen LogP contribution in [0.1, 0.15) is 12.0 Å². The van der Waals surface area contributed by atoms with Gasteiger partial charge in [-0.05, 0) is 23.7 Å². The molecule has 0 aliphatic carbocycles. The third-order valence-electron chi connectivity index (χ3n) is 4.42. The summed E-state index contributed by atoms with van der Waals surface area (Å²) < 4.78 is 31.3. The smallest absolute Gasteiger partial charge is 0.463 e. The first-order chi connectivity index (χ1) is 13.8. The highest BCUT2D eigenvalue weighted by atomic mass is 28.4. The van der Waals surface area contributed by atoms with E-state index < -0.39 is 23.3 Å². The summed E-state index contributed by atoms with van der Waals surface area (Å²) >= 11 is 0. The van der Waals surface area contributed by atoms with E-state index in [-0.39, 0.29) is 0 Å². The number of esters is 1. The van der Waals surface area contributed by atoms with Crippen LogP contribution in [0, 0.1) is 0 Å². The predicted octanol–water partition coefficient (Wildman–Crippen LogP) is 2.89. The zero-order valence-corrected chi connectivity index (χ0v) is 20.4. The van der Waals surface area contributed by atoms with Gasteiger partial charge in [-0.3, -0.25) is 0 Å². The third-order valence-corrected chi connectivity index (χ3v) is 10.2. The van der Waals surface area contributed by atoms with E-state index in [4.69, 9.17) is 26.9 Å². The number of ether oxygens (including phenoxy) is 1. The van der Waals surface area contributed by atoms with Crippen LogP contribution < -0.4 is 5.19 Å². The van der Waals surface area contributed by atoms with Gasteiger partial charge >= 0.3 is 23.3 Å². The minimum atomic E-state index is -2.52. The summed E-state index contributed by atoms with van der Waals surface area (Å²) in [6.45, 7) is 9.35. The molecule has 1 aromatic carbocycles. The Morgan fingerprint density at radius 2 is 1.45 bits per heavy atom. The molecule has 0 spiro atoms. The monoisotopic (exact) mass is 442 g/mol. The summed E-state index contributed by atoms with van der Waals surface area (Å²) in [5.41, 5.74) is 1.11. The molecule has 0 saturated heterocycles. The van der Waals surface area contributed by atoms with E-state index >= 15 is 0 Å². The van der Waals surface area contributed by atoms with Crippen LogP contribution in [0.15, 0.2) is 43.5 Å². The van der Waals surface area contributed by atoms with Crippen molar-refractivity contribution in [2.45, 2.75) is 19.0 Å². The van der Waals surface area contributed by atoms with Gasteiger partial charge in [0.1, 0.15) is 0 Å². The zero-order valence-electron chi connectivity index (χ0n) is 18.4. The van der Waals surface area contributed by atoms with E-state index in [1.54, 1.807) is 35.5 Å².